The van der Waals surface area contributed by atoms with Crippen LogP contribution >= 0.6 is 0 Å². The molecule has 38 heavy (non-hydrogen) atoms. The highest BCUT2D eigenvalue weighted by molar-refractivity contribution is 5.92. The summed E-state index contributed by atoms with van der Waals surface area (Å²) in [7, 11) is 1.41. The Hall–Kier alpha value is -2.64. The van der Waals surface area contributed by atoms with Gasteiger partial charge in [-0.25, -0.2) is 9.59 Å². The van der Waals surface area contributed by atoms with Gasteiger partial charge in [-0.05, 0) is 40.2 Å². The molecule has 0 aliphatic carbocycles. The number of nitrogens with one attached hydrogen (secondary N) is 2. The number of amides is 2. The van der Waals surface area contributed by atoms with Crippen LogP contribution in [-0.4, -0.2) is 153 Å². The van der Waals surface area contributed by atoms with Crippen LogP contribution in [0.2, 0.25) is 0 Å². The lowest BCUT2D eigenvalue weighted by Gasteiger charge is -2.36. The highest BCUT2D eigenvalue weighted by Crippen LogP contribution is 2.15. The number of unbranched alkanes of at least 4 members (excludes halogenated alkanes) is 1. The van der Waals surface area contributed by atoms with E-state index in [0.29, 0.717) is 32.7 Å². The van der Waals surface area contributed by atoms with E-state index in [9.17, 15) is 14.4 Å². The number of carbonyl (C=O) groups is 3. The van der Waals surface area contributed by atoms with Crippen LogP contribution in [0.3, 0.4) is 0 Å². The molecule has 13 heteroatoms. The Bertz CT molecular complexity index is 820. The number of methoxy groups -OCH3 is 1. The SMILES string of the molecule is COC(=O)CN1CCN(CC2CN(CCCCN3CCN(C(=N)NC(=O)OC(C)(C)C)CC3)C(=O)O2)CC1. The van der Waals surface area contributed by atoms with Crippen LogP contribution in [0.25, 0.3) is 0 Å². The molecular formula is C25H45N7O6. The molecule has 0 spiro atoms. The van der Waals surface area contributed by atoms with Crippen LogP contribution in [0.15, 0.2) is 0 Å². The third-order valence-electron chi connectivity index (χ3n) is 6.92. The molecule has 1 unspecified atom stereocenters. The lowest BCUT2D eigenvalue weighted by molar-refractivity contribution is -0.142. The van der Waals surface area contributed by atoms with Gasteiger partial charge >= 0.3 is 18.2 Å². The first-order chi connectivity index (χ1) is 18.0. The maximum absolute atomic E-state index is 12.3. The van der Waals surface area contributed by atoms with Crippen molar-refractivity contribution in [3.63, 3.8) is 0 Å². The Kier molecular flexibility index (Phi) is 11.0. The van der Waals surface area contributed by atoms with Crippen molar-refractivity contribution in [1.82, 2.24) is 29.8 Å². The van der Waals surface area contributed by atoms with E-state index in [0.717, 1.165) is 65.2 Å². The van der Waals surface area contributed by atoms with Crippen molar-refractivity contribution in [3.05, 3.63) is 0 Å². The molecule has 0 radical (unpaired) electrons. The molecule has 3 fully saturated rings. The molecule has 0 saturated carbocycles. The third kappa shape index (κ3) is 9.91. The number of hydrogen-bond donors (Lipinski definition) is 2. The second-order valence-corrected chi connectivity index (χ2v) is 11.1. The van der Waals surface area contributed by atoms with E-state index in [1.54, 1.807) is 25.7 Å². The molecule has 3 rings (SSSR count). The molecule has 0 aromatic heterocycles. The van der Waals surface area contributed by atoms with Crippen LogP contribution in [0, 0.1) is 5.41 Å². The summed E-state index contributed by atoms with van der Waals surface area (Å²) in [5, 5.41) is 10.6. The van der Waals surface area contributed by atoms with E-state index in [1.807, 2.05) is 4.90 Å². The van der Waals surface area contributed by atoms with Crippen molar-refractivity contribution >= 4 is 24.1 Å². The van der Waals surface area contributed by atoms with E-state index in [4.69, 9.17) is 19.6 Å². The molecule has 3 aliphatic rings. The predicted octanol–water partition coefficient (Wildman–Crippen LogP) is 0.455. The maximum Gasteiger partial charge on any atom is 0.414 e. The molecule has 3 saturated heterocycles. The van der Waals surface area contributed by atoms with Gasteiger partial charge < -0.3 is 24.0 Å². The zero-order chi connectivity index (χ0) is 27.7. The number of carbonyl (C=O) groups excluding carboxylic acids is 3. The van der Waals surface area contributed by atoms with Crippen molar-refractivity contribution in [2.75, 3.05) is 92.2 Å². The number of ether oxygens (including phenoxy) is 3. The van der Waals surface area contributed by atoms with E-state index in [1.165, 1.54) is 7.11 Å². The van der Waals surface area contributed by atoms with E-state index >= 15 is 0 Å². The summed E-state index contributed by atoms with van der Waals surface area (Å²) in [6.07, 6.45) is 0.927. The molecule has 3 aliphatic heterocycles. The summed E-state index contributed by atoms with van der Waals surface area (Å²) in [6.45, 7) is 14.9. The normalized spacial score (nSPS) is 21.8. The first-order valence-corrected chi connectivity index (χ1v) is 13.6. The Balaban J connectivity index is 1.25. The Labute approximate surface area is 225 Å². The van der Waals surface area contributed by atoms with Crippen LogP contribution in [0.5, 0.6) is 0 Å². The average Bonchev–Trinajstić information content (AvgIpc) is 3.20. The molecular weight excluding hydrogens is 494 g/mol. The highest BCUT2D eigenvalue weighted by atomic mass is 16.6. The van der Waals surface area contributed by atoms with Crippen molar-refractivity contribution in [2.24, 2.45) is 0 Å². The van der Waals surface area contributed by atoms with E-state index < -0.39 is 11.7 Å². The molecule has 13 nitrogen and oxygen atoms in total. The summed E-state index contributed by atoms with van der Waals surface area (Å²) < 4.78 is 15.6. The number of piperazine rings is 2. The summed E-state index contributed by atoms with van der Waals surface area (Å²) in [4.78, 5) is 46.0. The number of nitrogens with zero attached hydrogens (tertiary/aromatic N) is 5. The van der Waals surface area contributed by atoms with Gasteiger partial charge in [0, 0.05) is 65.4 Å². The van der Waals surface area contributed by atoms with Crippen molar-refractivity contribution < 1.29 is 28.6 Å². The molecule has 1 atom stereocenters. The first-order valence-electron chi connectivity index (χ1n) is 13.6. The highest BCUT2D eigenvalue weighted by Gasteiger charge is 2.33. The molecule has 0 aromatic carbocycles. The second kappa shape index (κ2) is 13.9. The van der Waals surface area contributed by atoms with E-state index in [-0.39, 0.29) is 24.1 Å². The lowest BCUT2D eigenvalue weighted by Crippen LogP contribution is -2.53. The fourth-order valence-corrected chi connectivity index (χ4v) is 4.83. The van der Waals surface area contributed by atoms with Crippen LogP contribution < -0.4 is 5.32 Å². The topological polar surface area (TPSA) is 131 Å². The van der Waals surface area contributed by atoms with Gasteiger partial charge in [-0.1, -0.05) is 0 Å². The molecule has 216 valence electrons. The summed E-state index contributed by atoms with van der Waals surface area (Å²) >= 11 is 0. The lowest BCUT2D eigenvalue weighted by atomic mass is 10.2. The number of guanidine groups is 1. The fraction of sp³-hybridized carbons (Fsp3) is 0.840. The van der Waals surface area contributed by atoms with Gasteiger partial charge in [0.1, 0.15) is 11.7 Å². The third-order valence-corrected chi connectivity index (χ3v) is 6.92. The molecule has 0 bridgehead atoms. The number of esters is 1. The average molecular weight is 540 g/mol. The van der Waals surface area contributed by atoms with Gasteiger partial charge in [0.15, 0.2) is 0 Å². The molecule has 2 amide bonds. The largest absolute Gasteiger partial charge is 0.468 e. The number of rotatable bonds is 9. The minimum absolute atomic E-state index is 0.0732. The predicted molar refractivity (Wildman–Crippen MR) is 141 cm³/mol. The van der Waals surface area contributed by atoms with Crippen molar-refractivity contribution in [2.45, 2.75) is 45.3 Å². The number of alkyl carbamates (subject to hydrolysis) is 1. The molecule has 0 aromatic rings. The van der Waals surface area contributed by atoms with Gasteiger partial charge in [0.05, 0.1) is 20.2 Å². The second-order valence-electron chi connectivity index (χ2n) is 11.1. The minimum atomic E-state index is -0.606. The standard InChI is InChI=1S/C25H45N7O6/c1-25(2,3)38-23(34)27-22(26)31-15-13-28(14-16-31)7-5-6-8-32-18-20(37-24(32)35)17-29-9-11-30(12-10-29)19-21(33)36-4/h20H,5-19H2,1-4H3,(H2,26,27,34). The molecule has 3 heterocycles. The Morgan fingerprint density at radius 1 is 0.974 bits per heavy atom. The maximum atomic E-state index is 12.3. The Morgan fingerprint density at radius 3 is 2.21 bits per heavy atom. The summed E-state index contributed by atoms with van der Waals surface area (Å²) in [5.41, 5.74) is -0.598. The smallest absolute Gasteiger partial charge is 0.414 e. The Morgan fingerprint density at radius 2 is 1.58 bits per heavy atom. The van der Waals surface area contributed by atoms with Gasteiger partial charge in [-0.15, -0.1) is 0 Å². The number of cyclic esters (lactones) is 1. The summed E-state index contributed by atoms with van der Waals surface area (Å²) in [6, 6.07) is 0. The zero-order valence-corrected chi connectivity index (χ0v) is 23.4. The van der Waals surface area contributed by atoms with Crippen LogP contribution in [-0.2, 0) is 19.0 Å². The zero-order valence-electron chi connectivity index (χ0n) is 23.4. The van der Waals surface area contributed by atoms with Gasteiger partial charge in [-0.2, -0.15) is 0 Å². The first kappa shape index (κ1) is 29.9. The quantitative estimate of drug-likeness (QED) is 0.140. The van der Waals surface area contributed by atoms with E-state index in [2.05, 4.69) is 20.0 Å². The van der Waals surface area contributed by atoms with Crippen LogP contribution in [0.1, 0.15) is 33.6 Å². The van der Waals surface area contributed by atoms with Gasteiger partial charge in [0.2, 0.25) is 5.96 Å². The summed E-state index contributed by atoms with van der Waals surface area (Å²) in [5.74, 6) is -0.141. The van der Waals surface area contributed by atoms with Gasteiger partial charge in [0.25, 0.3) is 0 Å². The van der Waals surface area contributed by atoms with Gasteiger partial charge in [-0.3, -0.25) is 30.2 Å². The van der Waals surface area contributed by atoms with Crippen molar-refractivity contribution in [1.29, 1.82) is 5.41 Å². The monoisotopic (exact) mass is 539 g/mol. The molecule has 2 N–H and O–H groups in total. The number of hydrogen-bond acceptors (Lipinski definition) is 10. The minimum Gasteiger partial charge on any atom is -0.468 e. The van der Waals surface area contributed by atoms with Crippen molar-refractivity contribution in [3.8, 4) is 0 Å². The van der Waals surface area contributed by atoms with Crippen LogP contribution in [0.4, 0.5) is 9.59 Å². The fourth-order valence-electron chi connectivity index (χ4n) is 4.83.